The summed E-state index contributed by atoms with van der Waals surface area (Å²) in [6.45, 7) is 4.24. The Bertz CT molecular complexity index is 646. The number of nitrogens with one attached hydrogen (secondary N) is 1. The number of aromatic nitrogens is 1. The van der Waals surface area contributed by atoms with Crippen LogP contribution < -0.4 is 10.2 Å². The Kier molecular flexibility index (Phi) is 4.37. The van der Waals surface area contributed by atoms with Crippen LogP contribution in [-0.4, -0.2) is 24.0 Å². The molecule has 1 saturated heterocycles. The molecule has 1 aromatic heterocycles. The monoisotopic (exact) mass is 295 g/mol. The normalized spacial score (nSPS) is 14.1. The topological polar surface area (TPSA) is 45.2 Å². The van der Waals surface area contributed by atoms with Crippen LogP contribution in [0.3, 0.4) is 0 Å². The van der Waals surface area contributed by atoms with Crippen LogP contribution in [0.4, 0.5) is 11.4 Å². The number of para-hydroxylation sites is 1. The first-order valence-electron chi connectivity index (χ1n) is 7.88. The molecule has 0 atom stereocenters. The van der Waals surface area contributed by atoms with Crippen molar-refractivity contribution in [3.8, 4) is 0 Å². The van der Waals surface area contributed by atoms with Gasteiger partial charge in [-0.15, -0.1) is 0 Å². The Labute approximate surface area is 131 Å². The summed E-state index contributed by atoms with van der Waals surface area (Å²) >= 11 is 0. The highest BCUT2D eigenvalue weighted by Gasteiger charge is 2.14. The smallest absolute Gasteiger partial charge is 0.274 e. The van der Waals surface area contributed by atoms with E-state index in [0.717, 1.165) is 36.4 Å². The van der Waals surface area contributed by atoms with E-state index in [1.807, 2.05) is 30.3 Å². The molecule has 4 heteroatoms. The fourth-order valence-corrected chi connectivity index (χ4v) is 2.82. The summed E-state index contributed by atoms with van der Waals surface area (Å²) in [6.07, 6.45) is 5.15. The summed E-state index contributed by atoms with van der Waals surface area (Å²) in [6, 6.07) is 11.7. The molecule has 1 aliphatic rings. The number of nitrogens with zero attached hydrogens (tertiary/aromatic N) is 2. The predicted octanol–water partition coefficient (Wildman–Crippen LogP) is 3.50. The van der Waals surface area contributed by atoms with E-state index in [1.165, 1.54) is 12.8 Å². The molecule has 0 radical (unpaired) electrons. The van der Waals surface area contributed by atoms with Crippen molar-refractivity contribution >= 4 is 17.3 Å². The number of anilines is 2. The molecule has 0 unspecified atom stereocenters. The van der Waals surface area contributed by atoms with Gasteiger partial charge in [-0.2, -0.15) is 0 Å². The van der Waals surface area contributed by atoms with Gasteiger partial charge >= 0.3 is 0 Å². The second kappa shape index (κ2) is 6.60. The maximum absolute atomic E-state index is 12.3. The van der Waals surface area contributed by atoms with Crippen molar-refractivity contribution in [2.75, 3.05) is 23.3 Å². The average Bonchev–Trinajstić information content (AvgIpc) is 3.10. The minimum atomic E-state index is -0.158. The van der Waals surface area contributed by atoms with Crippen LogP contribution in [0.1, 0.15) is 35.8 Å². The lowest BCUT2D eigenvalue weighted by molar-refractivity contribution is 0.102. The van der Waals surface area contributed by atoms with Crippen LogP contribution in [0.2, 0.25) is 0 Å². The van der Waals surface area contributed by atoms with E-state index in [0.29, 0.717) is 5.69 Å². The fraction of sp³-hybridized carbons (Fsp3) is 0.333. The highest BCUT2D eigenvalue weighted by Crippen LogP contribution is 2.20. The number of pyridine rings is 1. The van der Waals surface area contributed by atoms with Crippen LogP contribution in [0.25, 0.3) is 0 Å². The lowest BCUT2D eigenvalue weighted by Crippen LogP contribution is -2.19. The van der Waals surface area contributed by atoms with E-state index in [9.17, 15) is 4.79 Å². The van der Waals surface area contributed by atoms with Crippen molar-refractivity contribution in [2.45, 2.75) is 26.2 Å². The molecule has 0 aliphatic carbocycles. The van der Waals surface area contributed by atoms with Gasteiger partial charge in [-0.1, -0.05) is 25.1 Å². The third kappa shape index (κ3) is 3.11. The molecule has 2 aromatic rings. The van der Waals surface area contributed by atoms with Crippen LogP contribution in [0.5, 0.6) is 0 Å². The third-order valence-electron chi connectivity index (χ3n) is 4.10. The van der Waals surface area contributed by atoms with Crippen molar-refractivity contribution in [1.29, 1.82) is 0 Å². The molecule has 1 aromatic carbocycles. The third-order valence-corrected chi connectivity index (χ3v) is 4.10. The number of hydrogen-bond donors (Lipinski definition) is 1. The van der Waals surface area contributed by atoms with Gasteiger partial charge in [0.15, 0.2) is 0 Å². The van der Waals surface area contributed by atoms with Gasteiger partial charge in [-0.25, -0.2) is 4.98 Å². The first kappa shape index (κ1) is 14.6. The number of benzene rings is 1. The average molecular weight is 295 g/mol. The second-order valence-corrected chi connectivity index (χ2v) is 5.56. The predicted molar refractivity (Wildman–Crippen MR) is 89.5 cm³/mol. The van der Waals surface area contributed by atoms with Gasteiger partial charge in [0.25, 0.3) is 5.91 Å². The van der Waals surface area contributed by atoms with E-state index in [4.69, 9.17) is 0 Å². The number of carbonyl (C=O) groups excluding carboxylic acids is 1. The Balaban J connectivity index is 1.72. The van der Waals surface area contributed by atoms with E-state index < -0.39 is 0 Å². The van der Waals surface area contributed by atoms with Gasteiger partial charge in [0, 0.05) is 18.8 Å². The zero-order valence-corrected chi connectivity index (χ0v) is 12.9. The van der Waals surface area contributed by atoms with Crippen molar-refractivity contribution in [3.05, 3.63) is 53.9 Å². The minimum absolute atomic E-state index is 0.158. The highest BCUT2D eigenvalue weighted by atomic mass is 16.1. The highest BCUT2D eigenvalue weighted by molar-refractivity contribution is 6.03. The Hall–Kier alpha value is -2.36. The molecule has 3 rings (SSSR count). The van der Waals surface area contributed by atoms with Gasteiger partial charge in [0.2, 0.25) is 0 Å². The Morgan fingerprint density at radius 2 is 1.95 bits per heavy atom. The number of aryl methyl sites for hydroxylation is 1. The Morgan fingerprint density at radius 1 is 1.18 bits per heavy atom. The molecule has 1 N–H and O–H groups in total. The van der Waals surface area contributed by atoms with E-state index >= 15 is 0 Å². The summed E-state index contributed by atoms with van der Waals surface area (Å²) in [4.78, 5) is 19.0. The van der Waals surface area contributed by atoms with Gasteiger partial charge in [0.1, 0.15) is 5.69 Å². The molecule has 22 heavy (non-hydrogen) atoms. The quantitative estimate of drug-likeness (QED) is 0.939. The first-order chi connectivity index (χ1) is 10.8. The molecule has 2 heterocycles. The van der Waals surface area contributed by atoms with Crippen molar-refractivity contribution in [1.82, 2.24) is 4.98 Å². The maximum atomic E-state index is 12.3. The molecule has 1 amide bonds. The largest absolute Gasteiger partial charge is 0.370 e. The van der Waals surface area contributed by atoms with E-state index in [2.05, 4.69) is 22.1 Å². The van der Waals surface area contributed by atoms with Crippen LogP contribution in [-0.2, 0) is 6.42 Å². The molecule has 0 saturated carbocycles. The molecule has 0 bridgehead atoms. The second-order valence-electron chi connectivity index (χ2n) is 5.56. The molecular formula is C18H21N3O. The Morgan fingerprint density at radius 3 is 2.64 bits per heavy atom. The van der Waals surface area contributed by atoms with Crippen molar-refractivity contribution in [2.24, 2.45) is 0 Å². The van der Waals surface area contributed by atoms with Crippen LogP contribution in [0, 0.1) is 0 Å². The number of hydrogen-bond acceptors (Lipinski definition) is 3. The summed E-state index contributed by atoms with van der Waals surface area (Å²) in [7, 11) is 0. The zero-order valence-electron chi connectivity index (χ0n) is 12.9. The maximum Gasteiger partial charge on any atom is 0.274 e. The summed E-state index contributed by atoms with van der Waals surface area (Å²) in [5, 5.41) is 2.95. The molecule has 1 aliphatic heterocycles. The van der Waals surface area contributed by atoms with Gasteiger partial charge in [0.05, 0.1) is 11.9 Å². The zero-order chi connectivity index (χ0) is 15.4. The van der Waals surface area contributed by atoms with Crippen LogP contribution >= 0.6 is 0 Å². The van der Waals surface area contributed by atoms with E-state index in [-0.39, 0.29) is 5.91 Å². The lowest BCUT2D eigenvalue weighted by atomic mass is 10.1. The summed E-state index contributed by atoms with van der Waals surface area (Å²) in [5.41, 5.74) is 3.54. The van der Waals surface area contributed by atoms with Crippen molar-refractivity contribution in [3.63, 3.8) is 0 Å². The minimum Gasteiger partial charge on any atom is -0.370 e. The number of amides is 1. The standard InChI is InChI=1S/C18H21N3O/c1-2-14-7-3-4-8-16(14)20-18(22)17-10-9-15(13-19-17)21-11-5-6-12-21/h3-4,7-10,13H,2,5-6,11-12H2,1H3,(H,20,22). The van der Waals surface area contributed by atoms with E-state index in [1.54, 1.807) is 12.3 Å². The lowest BCUT2D eigenvalue weighted by Gasteiger charge is -2.17. The molecular weight excluding hydrogens is 274 g/mol. The molecule has 4 nitrogen and oxygen atoms in total. The van der Waals surface area contributed by atoms with Crippen LogP contribution in [0.15, 0.2) is 42.6 Å². The van der Waals surface area contributed by atoms with Gasteiger partial charge in [-0.05, 0) is 43.0 Å². The SMILES string of the molecule is CCc1ccccc1NC(=O)c1ccc(N2CCCC2)cn1. The van der Waals surface area contributed by atoms with Crippen molar-refractivity contribution < 1.29 is 4.79 Å². The summed E-state index contributed by atoms with van der Waals surface area (Å²) in [5.74, 6) is -0.158. The molecule has 1 fully saturated rings. The number of carbonyl (C=O) groups is 1. The fourth-order valence-electron chi connectivity index (χ4n) is 2.82. The van der Waals surface area contributed by atoms with Gasteiger partial charge in [-0.3, -0.25) is 4.79 Å². The summed E-state index contributed by atoms with van der Waals surface area (Å²) < 4.78 is 0. The first-order valence-corrected chi connectivity index (χ1v) is 7.88. The number of rotatable bonds is 4. The molecule has 114 valence electrons. The van der Waals surface area contributed by atoms with Gasteiger partial charge < -0.3 is 10.2 Å². The molecule has 0 spiro atoms.